The van der Waals surface area contributed by atoms with Crippen LogP contribution in [0.25, 0.3) is 16.6 Å². The van der Waals surface area contributed by atoms with Crippen molar-refractivity contribution in [1.29, 1.82) is 0 Å². The van der Waals surface area contributed by atoms with Crippen molar-refractivity contribution >= 4 is 5.52 Å². The van der Waals surface area contributed by atoms with Crippen molar-refractivity contribution < 1.29 is 13.5 Å². The van der Waals surface area contributed by atoms with Gasteiger partial charge in [-0.2, -0.15) is 8.78 Å². The minimum Gasteiger partial charge on any atom is -0.374 e. The van der Waals surface area contributed by atoms with Crippen LogP contribution in [0.4, 0.5) is 8.78 Å². The molecule has 3 rings (SSSR count). The fourth-order valence-corrected chi connectivity index (χ4v) is 2.67. The summed E-state index contributed by atoms with van der Waals surface area (Å²) in [4.78, 5) is 3.86. The van der Waals surface area contributed by atoms with E-state index in [1.54, 1.807) is 19.4 Å². The molecule has 1 aromatic carbocycles. The number of hydrogen-bond donors (Lipinski definition) is 0. The van der Waals surface area contributed by atoms with Crippen LogP contribution in [0.2, 0.25) is 0 Å². The Morgan fingerprint density at radius 1 is 0.958 bits per heavy atom. The number of aromatic nitrogens is 2. The third-order valence-corrected chi connectivity index (χ3v) is 4.34. The Hall–Kier alpha value is -2.27. The Kier molecular flexibility index (Phi) is 3.92. The van der Waals surface area contributed by atoms with E-state index in [0.29, 0.717) is 5.52 Å². The number of fused-ring (bicyclic) bond motifs is 1. The molecule has 0 amide bonds. The second-order valence-electron chi connectivity index (χ2n) is 6.47. The van der Waals surface area contributed by atoms with Crippen molar-refractivity contribution in [3.8, 4) is 11.1 Å². The largest absolute Gasteiger partial charge is 0.374 e. The number of alkyl halides is 2. The quantitative estimate of drug-likeness (QED) is 0.673. The van der Waals surface area contributed by atoms with Gasteiger partial charge in [0.25, 0.3) is 0 Å². The van der Waals surface area contributed by atoms with Gasteiger partial charge in [0.2, 0.25) is 0 Å². The van der Waals surface area contributed by atoms with Crippen LogP contribution < -0.4 is 0 Å². The van der Waals surface area contributed by atoms with E-state index in [4.69, 9.17) is 4.74 Å². The molecule has 0 spiro atoms. The van der Waals surface area contributed by atoms with E-state index < -0.39 is 5.92 Å². The molecule has 0 N–H and O–H groups in total. The zero-order valence-electron chi connectivity index (χ0n) is 14.2. The van der Waals surface area contributed by atoms with Crippen LogP contribution in [0, 0.1) is 0 Å². The molecule has 3 nitrogen and oxygen atoms in total. The maximum absolute atomic E-state index is 13.7. The first-order valence-electron chi connectivity index (χ1n) is 7.74. The standard InChI is InChI=1S/C19H20F2N2O/c1-18(2,24-4)15-8-5-13(6-9-15)14-7-10-16-11-22-17(19(3,20)21)23(16)12-14/h5-12H,1-4H3. The molecule has 2 heterocycles. The fourth-order valence-electron chi connectivity index (χ4n) is 2.67. The number of methoxy groups -OCH3 is 1. The second kappa shape index (κ2) is 5.67. The Morgan fingerprint density at radius 3 is 2.17 bits per heavy atom. The smallest absolute Gasteiger partial charge is 0.302 e. The molecule has 0 aliphatic heterocycles. The lowest BCUT2D eigenvalue weighted by molar-refractivity contribution is 0.00719. The van der Waals surface area contributed by atoms with Crippen LogP contribution in [-0.2, 0) is 16.3 Å². The summed E-state index contributed by atoms with van der Waals surface area (Å²) in [5.74, 6) is -3.24. The summed E-state index contributed by atoms with van der Waals surface area (Å²) in [5.41, 5.74) is 3.13. The molecule has 0 saturated heterocycles. The molecule has 5 heteroatoms. The minimum atomic E-state index is -2.99. The summed E-state index contributed by atoms with van der Waals surface area (Å²) in [6.45, 7) is 4.85. The zero-order valence-corrected chi connectivity index (χ0v) is 14.2. The highest BCUT2D eigenvalue weighted by atomic mass is 19.3. The lowest BCUT2D eigenvalue weighted by Gasteiger charge is -2.23. The van der Waals surface area contributed by atoms with Crippen LogP contribution >= 0.6 is 0 Å². The van der Waals surface area contributed by atoms with Gasteiger partial charge in [-0.3, -0.25) is 4.40 Å². The average molecular weight is 330 g/mol. The molecule has 3 aromatic rings. The van der Waals surface area contributed by atoms with Crippen molar-refractivity contribution in [1.82, 2.24) is 9.38 Å². The van der Waals surface area contributed by atoms with Crippen LogP contribution in [0.5, 0.6) is 0 Å². The summed E-state index contributed by atoms with van der Waals surface area (Å²) < 4.78 is 34.3. The molecule has 0 radical (unpaired) electrons. The number of halogens is 2. The number of pyridine rings is 1. The molecular weight excluding hydrogens is 310 g/mol. The van der Waals surface area contributed by atoms with Gasteiger partial charge in [-0.25, -0.2) is 4.98 Å². The highest BCUT2D eigenvalue weighted by Crippen LogP contribution is 2.30. The van der Waals surface area contributed by atoms with Gasteiger partial charge in [0.1, 0.15) is 0 Å². The number of rotatable bonds is 4. The topological polar surface area (TPSA) is 26.5 Å². The molecule has 24 heavy (non-hydrogen) atoms. The summed E-state index contributed by atoms with van der Waals surface area (Å²) >= 11 is 0. The number of hydrogen-bond acceptors (Lipinski definition) is 2. The highest BCUT2D eigenvalue weighted by Gasteiger charge is 2.29. The maximum atomic E-state index is 13.7. The summed E-state index contributed by atoms with van der Waals surface area (Å²) in [6, 6.07) is 11.6. The third-order valence-electron chi connectivity index (χ3n) is 4.34. The Bertz CT molecular complexity index is 861. The van der Waals surface area contributed by atoms with Gasteiger partial charge in [-0.1, -0.05) is 30.3 Å². The number of benzene rings is 1. The molecule has 0 aliphatic rings. The Balaban J connectivity index is 2.04. The van der Waals surface area contributed by atoms with E-state index >= 15 is 0 Å². The first kappa shape index (κ1) is 16.6. The van der Waals surface area contributed by atoms with Crippen molar-refractivity contribution in [2.75, 3.05) is 7.11 Å². The van der Waals surface area contributed by atoms with Gasteiger partial charge in [0.15, 0.2) is 5.82 Å². The molecule has 0 saturated carbocycles. The molecule has 0 unspecified atom stereocenters. The predicted octanol–water partition coefficient (Wildman–Crippen LogP) is 4.99. The van der Waals surface area contributed by atoms with E-state index in [2.05, 4.69) is 4.98 Å². The third kappa shape index (κ3) is 2.91. The Labute approximate surface area is 139 Å². The molecule has 0 aliphatic carbocycles. The van der Waals surface area contributed by atoms with Crippen molar-refractivity contribution in [2.45, 2.75) is 32.3 Å². The fraction of sp³-hybridized carbons (Fsp3) is 0.316. The lowest BCUT2D eigenvalue weighted by atomic mass is 9.95. The first-order valence-corrected chi connectivity index (χ1v) is 7.74. The van der Waals surface area contributed by atoms with Gasteiger partial charge in [-0.15, -0.1) is 0 Å². The monoisotopic (exact) mass is 330 g/mol. The van der Waals surface area contributed by atoms with E-state index in [1.807, 2.05) is 44.2 Å². The highest BCUT2D eigenvalue weighted by molar-refractivity contribution is 5.66. The van der Waals surface area contributed by atoms with E-state index in [1.165, 1.54) is 10.6 Å². The second-order valence-corrected chi connectivity index (χ2v) is 6.47. The molecule has 0 fully saturated rings. The molecule has 0 atom stereocenters. The minimum absolute atomic E-state index is 0.253. The number of imidazole rings is 1. The van der Waals surface area contributed by atoms with Gasteiger partial charge in [0, 0.05) is 20.2 Å². The normalized spacial score (nSPS) is 12.8. The average Bonchev–Trinajstić information content (AvgIpc) is 2.98. The number of nitrogens with zero attached hydrogens (tertiary/aromatic N) is 2. The molecule has 126 valence electrons. The SMILES string of the molecule is COC(C)(C)c1ccc(-c2ccc3cnc(C(C)(F)F)n3c2)cc1. The van der Waals surface area contributed by atoms with E-state index in [-0.39, 0.29) is 11.4 Å². The lowest BCUT2D eigenvalue weighted by Crippen LogP contribution is -2.19. The van der Waals surface area contributed by atoms with Gasteiger partial charge in [-0.05, 0) is 36.6 Å². The van der Waals surface area contributed by atoms with Crippen LogP contribution in [-0.4, -0.2) is 16.5 Å². The van der Waals surface area contributed by atoms with Crippen molar-refractivity contribution in [3.63, 3.8) is 0 Å². The predicted molar refractivity (Wildman–Crippen MR) is 90.2 cm³/mol. The van der Waals surface area contributed by atoms with E-state index in [9.17, 15) is 8.78 Å². The van der Waals surface area contributed by atoms with Gasteiger partial charge < -0.3 is 4.74 Å². The summed E-state index contributed by atoms with van der Waals surface area (Å²) in [6.07, 6.45) is 3.16. The molecule has 2 aromatic heterocycles. The molecular formula is C19H20F2N2O. The van der Waals surface area contributed by atoms with E-state index in [0.717, 1.165) is 23.6 Å². The molecule has 0 bridgehead atoms. The zero-order chi connectivity index (χ0) is 17.5. The Morgan fingerprint density at radius 2 is 1.58 bits per heavy atom. The maximum Gasteiger partial charge on any atom is 0.302 e. The van der Waals surface area contributed by atoms with Gasteiger partial charge in [0.05, 0.1) is 17.3 Å². The van der Waals surface area contributed by atoms with Crippen LogP contribution in [0.3, 0.4) is 0 Å². The van der Waals surface area contributed by atoms with Gasteiger partial charge >= 0.3 is 5.92 Å². The summed E-state index contributed by atoms with van der Waals surface area (Å²) in [7, 11) is 1.67. The summed E-state index contributed by atoms with van der Waals surface area (Å²) in [5, 5.41) is 0. The number of ether oxygens (including phenoxy) is 1. The first-order chi connectivity index (χ1) is 11.2. The van der Waals surface area contributed by atoms with Crippen LogP contribution in [0.1, 0.15) is 32.2 Å². The van der Waals surface area contributed by atoms with Crippen molar-refractivity contribution in [2.24, 2.45) is 0 Å². The van der Waals surface area contributed by atoms with Crippen LogP contribution in [0.15, 0.2) is 48.8 Å². The van der Waals surface area contributed by atoms with Crippen molar-refractivity contribution in [3.05, 3.63) is 60.2 Å².